The van der Waals surface area contributed by atoms with Gasteiger partial charge in [-0.25, -0.2) is 9.59 Å². The minimum atomic E-state index is -4.02. The molecule has 1 aliphatic rings. The van der Waals surface area contributed by atoms with E-state index in [9.17, 15) is 18.0 Å². The molecular weight excluding hydrogens is 566 g/mol. The Morgan fingerprint density at radius 3 is 2.27 bits per heavy atom. The van der Waals surface area contributed by atoms with Crippen molar-refractivity contribution in [3.8, 4) is 0 Å². The van der Waals surface area contributed by atoms with E-state index in [4.69, 9.17) is 16.2 Å². The smallest absolute Gasteiger partial charge is 0.306 e. The van der Waals surface area contributed by atoms with Crippen molar-refractivity contribution in [1.29, 1.82) is 0 Å². The number of nitrogens with zero attached hydrogens (tertiary/aromatic N) is 3. The third kappa shape index (κ3) is 6.65. The molecule has 6 rings (SSSR count). The van der Waals surface area contributed by atoms with Gasteiger partial charge in [0.1, 0.15) is 0 Å². The van der Waals surface area contributed by atoms with Crippen LogP contribution >= 0.6 is 11.6 Å². The first-order valence-corrected chi connectivity index (χ1v) is 15.3. The zero-order chi connectivity index (χ0) is 29.1. The number of fused-ring (bicyclic) bond motifs is 2. The number of imidazole rings is 2. The summed E-state index contributed by atoms with van der Waals surface area (Å²) >= 11 is 6.05. The number of hydrogen-bond donors (Lipinski definition) is 3. The quantitative estimate of drug-likeness (QED) is 0.245. The number of aryl methyl sites for hydroxylation is 2. The Morgan fingerprint density at radius 2 is 1.56 bits per heavy atom. The lowest BCUT2D eigenvalue weighted by molar-refractivity contribution is 0.183. The van der Waals surface area contributed by atoms with Gasteiger partial charge in [0.25, 0.3) is 10.1 Å². The van der Waals surface area contributed by atoms with E-state index < -0.39 is 10.1 Å². The fourth-order valence-electron chi connectivity index (χ4n) is 5.36. The second kappa shape index (κ2) is 12.1. The number of H-pyrrole nitrogens is 2. The first kappa shape index (κ1) is 28.9. The largest absolute Gasteiger partial charge is 0.326 e. The molecule has 0 radical (unpaired) electrons. The zero-order valence-corrected chi connectivity index (χ0v) is 24.2. The van der Waals surface area contributed by atoms with Gasteiger partial charge < -0.3 is 14.9 Å². The third-order valence-corrected chi connectivity index (χ3v) is 8.56. The maximum atomic E-state index is 12.5. The van der Waals surface area contributed by atoms with Crippen LogP contribution < -0.4 is 11.4 Å². The average molecular weight is 598 g/mol. The van der Waals surface area contributed by atoms with Gasteiger partial charge in [-0.1, -0.05) is 41.4 Å². The molecule has 0 unspecified atom stereocenters. The van der Waals surface area contributed by atoms with E-state index in [1.807, 2.05) is 52.5 Å². The van der Waals surface area contributed by atoms with E-state index in [0.717, 1.165) is 66.5 Å². The summed E-state index contributed by atoms with van der Waals surface area (Å²) in [7, 11) is -4.02. The molecule has 0 atom stereocenters. The predicted molar refractivity (Wildman–Crippen MR) is 160 cm³/mol. The van der Waals surface area contributed by atoms with Crippen LogP contribution in [0.25, 0.3) is 22.1 Å². The molecular formula is C29H32ClN5O5S. The molecule has 3 N–H and O–H groups in total. The van der Waals surface area contributed by atoms with Crippen LogP contribution in [0.4, 0.5) is 0 Å². The van der Waals surface area contributed by atoms with Crippen molar-refractivity contribution in [3.05, 3.63) is 98.3 Å². The van der Waals surface area contributed by atoms with Crippen LogP contribution in [-0.2, 0) is 16.7 Å². The lowest BCUT2D eigenvalue weighted by Gasteiger charge is -2.32. The van der Waals surface area contributed by atoms with Gasteiger partial charge in [-0.3, -0.25) is 13.7 Å². The lowest BCUT2D eigenvalue weighted by Crippen LogP contribution is -2.37. The molecule has 0 saturated carbocycles. The molecule has 3 heterocycles. The maximum absolute atomic E-state index is 12.5. The topological polar surface area (TPSA) is 133 Å². The zero-order valence-electron chi connectivity index (χ0n) is 22.6. The Balaban J connectivity index is 0.000000259. The predicted octanol–water partition coefficient (Wildman–Crippen LogP) is 4.59. The number of aromatic nitrogens is 4. The summed E-state index contributed by atoms with van der Waals surface area (Å²) < 4.78 is 33.3. The van der Waals surface area contributed by atoms with Gasteiger partial charge in [0.15, 0.2) is 0 Å². The van der Waals surface area contributed by atoms with Gasteiger partial charge in [-0.05, 0) is 75.2 Å². The van der Waals surface area contributed by atoms with Crippen LogP contribution in [0.3, 0.4) is 0 Å². The van der Waals surface area contributed by atoms with Crippen LogP contribution in [0, 0.1) is 6.92 Å². The van der Waals surface area contributed by atoms with E-state index in [1.165, 1.54) is 12.1 Å². The Hall–Kier alpha value is -3.64. The molecule has 12 heteroatoms. The van der Waals surface area contributed by atoms with Crippen molar-refractivity contribution in [3.63, 3.8) is 0 Å². The van der Waals surface area contributed by atoms with E-state index in [1.54, 1.807) is 18.2 Å². The molecule has 0 amide bonds. The molecule has 2 aromatic heterocycles. The second-order valence-electron chi connectivity index (χ2n) is 10.3. The summed E-state index contributed by atoms with van der Waals surface area (Å²) in [6.07, 6.45) is 2.78. The summed E-state index contributed by atoms with van der Waals surface area (Å²) in [5.74, 6) is 0. The molecule has 216 valence electrons. The number of benzene rings is 3. The minimum Gasteiger partial charge on any atom is -0.306 e. The van der Waals surface area contributed by atoms with Gasteiger partial charge >= 0.3 is 11.4 Å². The van der Waals surface area contributed by atoms with E-state index in [2.05, 4.69) is 14.9 Å². The fourth-order valence-corrected chi connectivity index (χ4v) is 6.01. The molecule has 1 saturated heterocycles. The van der Waals surface area contributed by atoms with Crippen LogP contribution in [-0.4, -0.2) is 56.6 Å². The Morgan fingerprint density at radius 1 is 0.878 bits per heavy atom. The fraction of sp³-hybridized carbons (Fsp3) is 0.310. The Kier molecular flexibility index (Phi) is 8.50. The minimum absolute atomic E-state index is 0.0475. The van der Waals surface area contributed by atoms with Crippen molar-refractivity contribution in [1.82, 2.24) is 24.0 Å². The molecule has 10 nitrogen and oxygen atoms in total. The number of aromatic amines is 2. The van der Waals surface area contributed by atoms with Crippen LogP contribution in [0.15, 0.2) is 81.2 Å². The van der Waals surface area contributed by atoms with Crippen LogP contribution in [0.2, 0.25) is 5.02 Å². The van der Waals surface area contributed by atoms with E-state index in [0.29, 0.717) is 11.6 Å². The number of nitrogens with one attached hydrogen (secondary N) is 2. The molecule has 0 bridgehead atoms. The molecule has 3 aromatic carbocycles. The van der Waals surface area contributed by atoms with Gasteiger partial charge in [0.2, 0.25) is 0 Å². The van der Waals surface area contributed by atoms with Crippen molar-refractivity contribution in [2.75, 3.05) is 19.6 Å². The third-order valence-electron chi connectivity index (χ3n) is 7.46. The van der Waals surface area contributed by atoms with E-state index >= 15 is 0 Å². The summed E-state index contributed by atoms with van der Waals surface area (Å²) in [5, 5.41) is 0.625. The average Bonchev–Trinajstić information content (AvgIpc) is 3.43. The summed E-state index contributed by atoms with van der Waals surface area (Å²) in [5.41, 5.74) is 4.39. The number of piperidine rings is 1. The summed E-state index contributed by atoms with van der Waals surface area (Å²) in [4.78, 5) is 32.9. The first-order chi connectivity index (χ1) is 19.6. The number of rotatable bonds is 6. The van der Waals surface area contributed by atoms with E-state index in [-0.39, 0.29) is 22.3 Å². The van der Waals surface area contributed by atoms with Gasteiger partial charge in [-0.2, -0.15) is 8.42 Å². The molecule has 0 aliphatic carbocycles. The molecule has 1 aliphatic heterocycles. The molecule has 1 fully saturated rings. The highest BCUT2D eigenvalue weighted by molar-refractivity contribution is 7.85. The van der Waals surface area contributed by atoms with Crippen molar-refractivity contribution >= 4 is 43.8 Å². The molecule has 5 aromatic rings. The highest BCUT2D eigenvalue weighted by atomic mass is 35.5. The first-order valence-electron chi connectivity index (χ1n) is 13.4. The van der Waals surface area contributed by atoms with Gasteiger partial charge in [0, 0.05) is 30.7 Å². The monoisotopic (exact) mass is 597 g/mol. The van der Waals surface area contributed by atoms with Crippen molar-refractivity contribution < 1.29 is 13.0 Å². The van der Waals surface area contributed by atoms with Crippen LogP contribution in [0.1, 0.15) is 30.9 Å². The normalized spacial score (nSPS) is 14.8. The number of para-hydroxylation sites is 2. The summed E-state index contributed by atoms with van der Waals surface area (Å²) in [6.45, 7) is 5.37. The standard InChI is InChI=1S/C22H24ClN5O2.C7H8O3S/c23-15-6-7-20-18(14-15)25-22(30)28(20)16-8-12-26(13-9-16)10-3-11-27-19-5-2-1-4-17(19)24-21(27)29;1-6-2-4-7(5-3-6)11(8,9)10/h1-2,4-7,14,16H,3,8-13H2,(H,24,29)(H,25,30);2-5H,1H3,(H,8,9,10). The van der Waals surface area contributed by atoms with Gasteiger partial charge in [-0.15, -0.1) is 0 Å². The highest BCUT2D eigenvalue weighted by Gasteiger charge is 2.23. The number of halogens is 1. The molecule has 0 spiro atoms. The molecule has 41 heavy (non-hydrogen) atoms. The Bertz CT molecular complexity index is 1880. The highest BCUT2D eigenvalue weighted by Crippen LogP contribution is 2.26. The number of likely N-dealkylation sites (tertiary alicyclic amines) is 1. The Labute approximate surface area is 241 Å². The summed E-state index contributed by atoms with van der Waals surface area (Å²) in [6, 6.07) is 19.5. The van der Waals surface area contributed by atoms with Crippen molar-refractivity contribution in [2.24, 2.45) is 0 Å². The van der Waals surface area contributed by atoms with Gasteiger partial charge in [0.05, 0.1) is 27.0 Å². The van der Waals surface area contributed by atoms with Crippen LogP contribution in [0.5, 0.6) is 0 Å². The second-order valence-corrected chi connectivity index (χ2v) is 12.1. The number of hydrogen-bond acceptors (Lipinski definition) is 5. The van der Waals surface area contributed by atoms with Crippen molar-refractivity contribution in [2.45, 2.75) is 43.7 Å². The maximum Gasteiger partial charge on any atom is 0.326 e. The SMILES string of the molecule is Cc1ccc(S(=O)(=O)O)cc1.O=c1[nH]c2ccccc2n1CCCN1CCC(n2c(=O)[nH]c3cc(Cl)ccc32)CC1. The lowest BCUT2D eigenvalue weighted by atomic mass is 10.0.